The Labute approximate surface area is 177 Å². The van der Waals surface area contributed by atoms with Crippen LogP contribution in [0.3, 0.4) is 0 Å². The number of nitrogens with one attached hydrogen (secondary N) is 2. The van der Waals surface area contributed by atoms with E-state index in [-0.39, 0.29) is 34.4 Å². The molecule has 2 aromatic carbocycles. The summed E-state index contributed by atoms with van der Waals surface area (Å²) in [6.45, 7) is 0.746. The average Bonchev–Trinajstić information content (AvgIpc) is 2.78. The number of amides is 1. The molecule has 10 nitrogen and oxygen atoms in total. The Bertz CT molecular complexity index is 1360. The maximum atomic E-state index is 12.8. The molecule has 0 radical (unpaired) electrons. The standard InChI is InChI=1S/C20H20N4O6S/c25-18(13-24-20(27)17-7-2-1-6-16(17)19(26)22-24)21-14-4-3-5-15(12-14)31(28,29)23-8-10-30-11-9-23/h1-7,12H,8-11,13H2,(H,21,25)(H,22,26). The molecule has 1 aliphatic heterocycles. The van der Waals surface area contributed by atoms with E-state index in [0.29, 0.717) is 13.2 Å². The SMILES string of the molecule is O=C(Cn1[nH]c(=O)c2ccccc2c1=O)Nc1cccc(S(=O)(=O)N2CCOCC2)c1. The highest BCUT2D eigenvalue weighted by atomic mass is 32.2. The summed E-state index contributed by atoms with van der Waals surface area (Å²) in [5, 5.41) is 5.41. The maximum Gasteiger partial charge on any atom is 0.273 e. The number of nitrogens with zero attached hydrogens (tertiary/aromatic N) is 2. The fourth-order valence-electron chi connectivity index (χ4n) is 3.37. The third-order valence-corrected chi connectivity index (χ3v) is 6.81. The van der Waals surface area contributed by atoms with Gasteiger partial charge in [0.05, 0.1) is 28.9 Å². The number of anilines is 1. The van der Waals surface area contributed by atoms with Crippen molar-refractivity contribution in [3.63, 3.8) is 0 Å². The van der Waals surface area contributed by atoms with Crippen LogP contribution in [0.25, 0.3) is 10.8 Å². The number of aromatic nitrogens is 2. The Morgan fingerprint density at radius 1 is 1.03 bits per heavy atom. The molecule has 4 rings (SSSR count). The zero-order valence-electron chi connectivity index (χ0n) is 16.4. The molecule has 1 fully saturated rings. The number of ether oxygens (including phenoxy) is 1. The molecule has 0 spiro atoms. The number of morpholine rings is 1. The largest absolute Gasteiger partial charge is 0.379 e. The minimum atomic E-state index is -3.72. The Morgan fingerprint density at radius 3 is 2.48 bits per heavy atom. The van der Waals surface area contributed by atoms with E-state index >= 15 is 0 Å². The van der Waals surface area contributed by atoms with Crippen LogP contribution < -0.4 is 16.4 Å². The van der Waals surface area contributed by atoms with E-state index in [1.54, 1.807) is 18.2 Å². The van der Waals surface area contributed by atoms with Gasteiger partial charge in [0.2, 0.25) is 15.9 Å². The Hall–Kier alpha value is -3.28. The number of rotatable bonds is 5. The minimum absolute atomic E-state index is 0.0449. The van der Waals surface area contributed by atoms with Crippen LogP contribution in [0.2, 0.25) is 0 Å². The molecule has 2 N–H and O–H groups in total. The van der Waals surface area contributed by atoms with Gasteiger partial charge in [-0.15, -0.1) is 0 Å². The third-order valence-electron chi connectivity index (χ3n) is 4.91. The normalized spacial score (nSPS) is 15.1. The van der Waals surface area contributed by atoms with E-state index in [0.717, 1.165) is 4.68 Å². The summed E-state index contributed by atoms with van der Waals surface area (Å²) < 4.78 is 33.0. The minimum Gasteiger partial charge on any atom is -0.379 e. The van der Waals surface area contributed by atoms with E-state index in [2.05, 4.69) is 10.4 Å². The molecule has 0 saturated carbocycles. The highest BCUT2D eigenvalue weighted by molar-refractivity contribution is 7.89. The van der Waals surface area contributed by atoms with Crippen molar-refractivity contribution in [3.05, 3.63) is 69.2 Å². The summed E-state index contributed by atoms with van der Waals surface area (Å²) in [4.78, 5) is 37.2. The third kappa shape index (κ3) is 4.29. The molecule has 162 valence electrons. The van der Waals surface area contributed by atoms with Crippen molar-refractivity contribution in [2.24, 2.45) is 0 Å². The fraction of sp³-hybridized carbons (Fsp3) is 0.250. The molecule has 0 atom stereocenters. The van der Waals surface area contributed by atoms with Gasteiger partial charge in [-0.25, -0.2) is 13.1 Å². The molecule has 1 aliphatic rings. The number of hydrogen-bond donors (Lipinski definition) is 2. The lowest BCUT2D eigenvalue weighted by molar-refractivity contribution is -0.117. The number of carbonyl (C=O) groups excluding carboxylic acids is 1. The number of carbonyl (C=O) groups is 1. The van der Waals surface area contributed by atoms with Crippen LogP contribution in [-0.4, -0.2) is 54.7 Å². The monoisotopic (exact) mass is 444 g/mol. The highest BCUT2D eigenvalue weighted by Gasteiger charge is 2.26. The summed E-state index contributed by atoms with van der Waals surface area (Å²) in [5.74, 6) is -0.589. The van der Waals surface area contributed by atoms with Gasteiger partial charge in [-0.2, -0.15) is 4.31 Å². The summed E-state index contributed by atoms with van der Waals surface area (Å²) in [5.41, 5.74) is -0.730. The van der Waals surface area contributed by atoms with Crippen LogP contribution in [0.5, 0.6) is 0 Å². The summed E-state index contributed by atoms with van der Waals surface area (Å²) in [6, 6.07) is 12.2. The van der Waals surface area contributed by atoms with Crippen molar-refractivity contribution in [3.8, 4) is 0 Å². The fourth-order valence-corrected chi connectivity index (χ4v) is 4.83. The lowest BCUT2D eigenvalue weighted by Gasteiger charge is -2.26. The molecule has 31 heavy (non-hydrogen) atoms. The van der Waals surface area contributed by atoms with Gasteiger partial charge in [0.1, 0.15) is 6.54 Å². The first kappa shape index (κ1) is 21.0. The molecule has 0 bridgehead atoms. The Balaban J connectivity index is 1.54. The number of hydrogen-bond acceptors (Lipinski definition) is 6. The number of benzene rings is 2. The highest BCUT2D eigenvalue weighted by Crippen LogP contribution is 2.20. The molecule has 11 heteroatoms. The second kappa shape index (κ2) is 8.46. The Morgan fingerprint density at radius 2 is 1.74 bits per heavy atom. The Kier molecular flexibility index (Phi) is 5.72. The van der Waals surface area contributed by atoms with Gasteiger partial charge in [-0.1, -0.05) is 18.2 Å². The molecule has 0 aliphatic carbocycles. The molecule has 1 amide bonds. The number of sulfonamides is 1. The quantitative estimate of drug-likeness (QED) is 0.584. The van der Waals surface area contributed by atoms with Gasteiger partial charge in [0, 0.05) is 18.8 Å². The summed E-state index contributed by atoms with van der Waals surface area (Å²) in [7, 11) is -3.72. The van der Waals surface area contributed by atoms with Crippen molar-refractivity contribution in [1.82, 2.24) is 14.1 Å². The predicted molar refractivity (Wildman–Crippen MR) is 113 cm³/mol. The number of H-pyrrole nitrogens is 1. The molecule has 1 aromatic heterocycles. The van der Waals surface area contributed by atoms with Crippen LogP contribution >= 0.6 is 0 Å². The van der Waals surface area contributed by atoms with Crippen molar-refractivity contribution in [1.29, 1.82) is 0 Å². The van der Waals surface area contributed by atoms with Gasteiger partial charge >= 0.3 is 0 Å². The number of aromatic amines is 1. The molecule has 0 unspecified atom stereocenters. The summed E-state index contributed by atoms with van der Waals surface area (Å²) >= 11 is 0. The molecule has 1 saturated heterocycles. The van der Waals surface area contributed by atoms with E-state index in [1.807, 2.05) is 0 Å². The van der Waals surface area contributed by atoms with Crippen LogP contribution in [-0.2, 0) is 26.1 Å². The predicted octanol–water partition coefficient (Wildman–Crippen LogP) is 0.349. The zero-order chi connectivity index (χ0) is 22.0. The van der Waals surface area contributed by atoms with Crippen molar-refractivity contribution in [2.75, 3.05) is 31.6 Å². The molecular weight excluding hydrogens is 424 g/mol. The first-order chi connectivity index (χ1) is 14.9. The van der Waals surface area contributed by atoms with E-state index in [4.69, 9.17) is 4.74 Å². The zero-order valence-corrected chi connectivity index (χ0v) is 17.2. The first-order valence-electron chi connectivity index (χ1n) is 9.56. The molecule has 2 heterocycles. The topological polar surface area (TPSA) is 131 Å². The van der Waals surface area contributed by atoms with E-state index in [9.17, 15) is 22.8 Å². The second-order valence-electron chi connectivity index (χ2n) is 6.97. The van der Waals surface area contributed by atoms with Crippen LogP contribution in [0.15, 0.2) is 63.0 Å². The van der Waals surface area contributed by atoms with Crippen molar-refractivity contribution < 1.29 is 17.9 Å². The lowest BCUT2D eigenvalue weighted by Crippen LogP contribution is -2.40. The van der Waals surface area contributed by atoms with Gasteiger partial charge in [-0.05, 0) is 30.3 Å². The molecule has 3 aromatic rings. The molecular formula is C20H20N4O6S. The van der Waals surface area contributed by atoms with Gasteiger partial charge in [0.25, 0.3) is 11.1 Å². The smallest absolute Gasteiger partial charge is 0.273 e. The summed E-state index contributed by atoms with van der Waals surface area (Å²) in [6.07, 6.45) is 0. The van der Waals surface area contributed by atoms with Crippen LogP contribution in [0.1, 0.15) is 0 Å². The van der Waals surface area contributed by atoms with Crippen LogP contribution in [0, 0.1) is 0 Å². The average molecular weight is 444 g/mol. The van der Waals surface area contributed by atoms with Gasteiger partial charge in [-0.3, -0.25) is 19.5 Å². The van der Waals surface area contributed by atoms with Crippen molar-refractivity contribution >= 4 is 32.4 Å². The maximum absolute atomic E-state index is 12.8. The van der Waals surface area contributed by atoms with Crippen LogP contribution in [0.4, 0.5) is 5.69 Å². The van der Waals surface area contributed by atoms with Gasteiger partial charge < -0.3 is 10.1 Å². The van der Waals surface area contributed by atoms with Gasteiger partial charge in [0.15, 0.2) is 0 Å². The first-order valence-corrected chi connectivity index (χ1v) is 11.0. The number of fused-ring (bicyclic) bond motifs is 1. The second-order valence-corrected chi connectivity index (χ2v) is 8.91. The van der Waals surface area contributed by atoms with E-state index in [1.165, 1.54) is 34.6 Å². The van der Waals surface area contributed by atoms with Crippen molar-refractivity contribution in [2.45, 2.75) is 11.4 Å². The van der Waals surface area contributed by atoms with E-state index < -0.39 is 33.6 Å². The lowest BCUT2D eigenvalue weighted by atomic mass is 10.2.